The third-order valence-corrected chi connectivity index (χ3v) is 5.26. The third-order valence-electron chi connectivity index (χ3n) is 4.85. The second-order valence-corrected chi connectivity index (χ2v) is 7.50. The Bertz CT molecular complexity index is 1290. The molecule has 0 fully saturated rings. The highest BCUT2D eigenvalue weighted by molar-refractivity contribution is 6.38. The first kappa shape index (κ1) is 22.8. The van der Waals surface area contributed by atoms with E-state index in [4.69, 9.17) is 16.3 Å². The topological polar surface area (TPSA) is 113 Å². The molecule has 0 saturated heterocycles. The van der Waals surface area contributed by atoms with Crippen LogP contribution in [-0.2, 0) is 7.05 Å². The maximum absolute atomic E-state index is 12.4. The number of anilines is 2. The number of aromatic nitrogens is 5. The number of nitrogens with one attached hydrogen (secondary N) is 3. The molecular formula is C20H19ClF3N7O2. The Labute approximate surface area is 190 Å². The van der Waals surface area contributed by atoms with Crippen molar-refractivity contribution in [3.63, 3.8) is 0 Å². The van der Waals surface area contributed by atoms with Gasteiger partial charge in [0.1, 0.15) is 12.0 Å². The van der Waals surface area contributed by atoms with E-state index in [2.05, 4.69) is 25.6 Å². The van der Waals surface area contributed by atoms with Crippen molar-refractivity contribution < 1.29 is 23.0 Å². The SMILES string of the molecule is COc1cc(-c2nc(Nc3ccc4[nH]ncc4c3Cl)n(C)n2)ccc1C(O)NCC(F)(F)F. The summed E-state index contributed by atoms with van der Waals surface area (Å²) in [6.07, 6.45) is -4.40. The highest BCUT2D eigenvalue weighted by Crippen LogP contribution is 2.33. The standard InChI is InChI=1S/C20H19ClF3N7O2/c1-31-19(27-14-6-5-13-12(16(14)21)8-26-29-13)28-17(30-31)10-3-4-11(15(7-10)33-2)18(32)25-9-20(22,23)24/h3-8,18,25,32H,9H2,1-2H3,(H,26,29)(H,27,28,30). The van der Waals surface area contributed by atoms with Crippen molar-refractivity contribution in [2.24, 2.45) is 7.05 Å². The first-order chi connectivity index (χ1) is 15.7. The summed E-state index contributed by atoms with van der Waals surface area (Å²) in [6, 6.07) is 8.19. The van der Waals surface area contributed by atoms with Crippen LogP contribution < -0.4 is 15.4 Å². The number of hydrogen-bond acceptors (Lipinski definition) is 7. The van der Waals surface area contributed by atoms with Gasteiger partial charge in [-0.1, -0.05) is 23.7 Å². The Hall–Kier alpha value is -3.35. The van der Waals surface area contributed by atoms with Crippen molar-refractivity contribution in [1.29, 1.82) is 0 Å². The van der Waals surface area contributed by atoms with Crippen LogP contribution in [0.4, 0.5) is 24.8 Å². The van der Waals surface area contributed by atoms with Gasteiger partial charge in [-0.25, -0.2) is 4.68 Å². The number of aryl methyl sites for hydroxylation is 1. The Morgan fingerprint density at radius 2 is 2.06 bits per heavy atom. The maximum Gasteiger partial charge on any atom is 0.401 e. The van der Waals surface area contributed by atoms with Gasteiger partial charge in [0, 0.05) is 23.6 Å². The average Bonchev–Trinajstić information content (AvgIpc) is 3.40. The number of nitrogens with zero attached hydrogens (tertiary/aromatic N) is 4. The van der Waals surface area contributed by atoms with E-state index in [1.165, 1.54) is 23.9 Å². The number of ether oxygens (including phenoxy) is 1. The van der Waals surface area contributed by atoms with Crippen molar-refractivity contribution in [1.82, 2.24) is 30.3 Å². The van der Waals surface area contributed by atoms with Crippen molar-refractivity contribution in [3.05, 3.63) is 47.1 Å². The van der Waals surface area contributed by atoms with E-state index in [1.807, 2.05) is 11.4 Å². The molecule has 1 unspecified atom stereocenters. The van der Waals surface area contributed by atoms with Crippen molar-refractivity contribution in [2.75, 3.05) is 19.0 Å². The number of aromatic amines is 1. The number of fused-ring (bicyclic) bond motifs is 1. The predicted molar refractivity (Wildman–Crippen MR) is 116 cm³/mol. The van der Waals surface area contributed by atoms with Gasteiger partial charge in [0.05, 0.1) is 36.1 Å². The van der Waals surface area contributed by atoms with Crippen LogP contribution in [0.2, 0.25) is 5.02 Å². The number of benzene rings is 2. The fraction of sp³-hybridized carbons (Fsp3) is 0.250. The minimum Gasteiger partial charge on any atom is -0.496 e. The zero-order valence-corrected chi connectivity index (χ0v) is 18.2. The second kappa shape index (κ2) is 8.89. The molecule has 0 spiro atoms. The Morgan fingerprint density at radius 3 is 2.79 bits per heavy atom. The molecule has 13 heteroatoms. The molecule has 2 heterocycles. The van der Waals surface area contributed by atoms with Gasteiger partial charge in [0.2, 0.25) is 5.95 Å². The van der Waals surface area contributed by atoms with Crippen molar-refractivity contribution in [3.8, 4) is 17.1 Å². The lowest BCUT2D eigenvalue weighted by atomic mass is 10.1. The van der Waals surface area contributed by atoms with Gasteiger partial charge in [-0.05, 0) is 18.2 Å². The van der Waals surface area contributed by atoms with E-state index in [0.717, 1.165) is 10.9 Å². The number of aliphatic hydroxyl groups is 1. The molecular weight excluding hydrogens is 463 g/mol. The van der Waals surface area contributed by atoms with E-state index in [1.54, 1.807) is 25.4 Å². The molecule has 33 heavy (non-hydrogen) atoms. The molecule has 4 rings (SSSR count). The first-order valence-corrected chi connectivity index (χ1v) is 10.00. The normalized spacial score (nSPS) is 12.8. The lowest BCUT2D eigenvalue weighted by Gasteiger charge is -2.17. The fourth-order valence-corrected chi connectivity index (χ4v) is 3.47. The molecule has 2 aromatic carbocycles. The quantitative estimate of drug-likeness (QED) is 0.296. The van der Waals surface area contributed by atoms with Crippen LogP contribution >= 0.6 is 11.6 Å². The summed E-state index contributed by atoms with van der Waals surface area (Å²) in [5.74, 6) is 0.929. The first-order valence-electron chi connectivity index (χ1n) is 9.62. The van der Waals surface area contributed by atoms with E-state index >= 15 is 0 Å². The van der Waals surface area contributed by atoms with Gasteiger partial charge in [-0.15, -0.1) is 5.10 Å². The van der Waals surface area contributed by atoms with Gasteiger partial charge in [0.15, 0.2) is 5.82 Å². The fourth-order valence-electron chi connectivity index (χ4n) is 3.21. The molecule has 0 radical (unpaired) electrons. The van der Waals surface area contributed by atoms with Gasteiger partial charge < -0.3 is 15.2 Å². The largest absolute Gasteiger partial charge is 0.496 e. The number of hydrogen-bond donors (Lipinski definition) is 4. The Balaban J connectivity index is 1.58. The van der Waals surface area contributed by atoms with E-state index in [-0.39, 0.29) is 11.3 Å². The van der Waals surface area contributed by atoms with Crippen LogP contribution in [0.5, 0.6) is 5.75 Å². The zero-order chi connectivity index (χ0) is 23.8. The molecule has 0 amide bonds. The van der Waals surface area contributed by atoms with Crippen LogP contribution in [0.1, 0.15) is 11.8 Å². The van der Waals surface area contributed by atoms with E-state index < -0.39 is 18.9 Å². The van der Waals surface area contributed by atoms with Crippen LogP contribution in [0.15, 0.2) is 36.5 Å². The molecule has 0 aliphatic carbocycles. The highest BCUT2D eigenvalue weighted by Gasteiger charge is 2.28. The van der Waals surface area contributed by atoms with Crippen LogP contribution in [-0.4, -0.2) is 49.9 Å². The lowest BCUT2D eigenvalue weighted by molar-refractivity contribution is -0.131. The molecule has 174 valence electrons. The van der Waals surface area contributed by atoms with Crippen LogP contribution in [0.3, 0.4) is 0 Å². The number of halogens is 4. The Morgan fingerprint density at radius 1 is 1.27 bits per heavy atom. The minimum atomic E-state index is -4.46. The zero-order valence-electron chi connectivity index (χ0n) is 17.4. The number of aliphatic hydroxyl groups excluding tert-OH is 1. The molecule has 0 bridgehead atoms. The summed E-state index contributed by atoms with van der Waals surface area (Å²) in [5, 5.41) is 27.7. The van der Waals surface area contributed by atoms with Gasteiger partial charge in [-0.2, -0.15) is 23.3 Å². The molecule has 1 atom stereocenters. The molecule has 4 aromatic rings. The highest BCUT2D eigenvalue weighted by atomic mass is 35.5. The molecule has 9 nitrogen and oxygen atoms in total. The molecule has 0 aliphatic heterocycles. The van der Waals surface area contributed by atoms with Gasteiger partial charge in [0.25, 0.3) is 0 Å². The number of H-pyrrole nitrogens is 1. The number of rotatable bonds is 7. The third kappa shape index (κ3) is 4.87. The van der Waals surface area contributed by atoms with E-state index in [0.29, 0.717) is 28.0 Å². The van der Waals surface area contributed by atoms with Crippen molar-refractivity contribution >= 4 is 34.1 Å². The molecule has 2 aromatic heterocycles. The van der Waals surface area contributed by atoms with Crippen LogP contribution in [0.25, 0.3) is 22.3 Å². The molecule has 0 aliphatic rings. The summed E-state index contributed by atoms with van der Waals surface area (Å²) in [7, 11) is 3.05. The smallest absolute Gasteiger partial charge is 0.401 e. The molecule has 4 N–H and O–H groups in total. The molecule has 0 saturated carbocycles. The van der Waals surface area contributed by atoms with Crippen LogP contribution in [0, 0.1) is 0 Å². The number of alkyl halides is 3. The summed E-state index contributed by atoms with van der Waals surface area (Å²) < 4.78 is 44.1. The summed E-state index contributed by atoms with van der Waals surface area (Å²) in [4.78, 5) is 4.48. The number of methoxy groups -OCH3 is 1. The summed E-state index contributed by atoms with van der Waals surface area (Å²) in [6.45, 7) is -1.34. The average molecular weight is 482 g/mol. The maximum atomic E-state index is 12.4. The monoisotopic (exact) mass is 481 g/mol. The Kier molecular flexibility index (Phi) is 6.15. The lowest BCUT2D eigenvalue weighted by Crippen LogP contribution is -2.32. The second-order valence-electron chi connectivity index (χ2n) is 7.12. The minimum absolute atomic E-state index is 0.153. The predicted octanol–water partition coefficient (Wildman–Crippen LogP) is 3.91. The van der Waals surface area contributed by atoms with Gasteiger partial charge in [-0.3, -0.25) is 10.4 Å². The van der Waals surface area contributed by atoms with E-state index in [9.17, 15) is 18.3 Å². The van der Waals surface area contributed by atoms with Gasteiger partial charge >= 0.3 is 6.18 Å². The summed E-state index contributed by atoms with van der Waals surface area (Å²) in [5.41, 5.74) is 2.10. The summed E-state index contributed by atoms with van der Waals surface area (Å²) >= 11 is 6.45. The van der Waals surface area contributed by atoms with Crippen molar-refractivity contribution in [2.45, 2.75) is 12.4 Å².